The fourth-order valence-corrected chi connectivity index (χ4v) is 2.48. The van der Waals surface area contributed by atoms with Gasteiger partial charge in [-0.05, 0) is 65.4 Å². The lowest BCUT2D eigenvalue weighted by Crippen LogP contribution is -2.23. The van der Waals surface area contributed by atoms with Gasteiger partial charge < -0.3 is 14.6 Å². The summed E-state index contributed by atoms with van der Waals surface area (Å²) in [6.07, 6.45) is 0. The van der Waals surface area contributed by atoms with Gasteiger partial charge in [0.25, 0.3) is 0 Å². The highest BCUT2D eigenvalue weighted by molar-refractivity contribution is 14.1. The van der Waals surface area contributed by atoms with E-state index in [1.807, 2.05) is 30.3 Å². The van der Waals surface area contributed by atoms with Gasteiger partial charge in [0.05, 0.1) is 14.2 Å². The first-order chi connectivity index (χ1) is 9.48. The third-order valence-electron chi connectivity index (χ3n) is 3.34. The Labute approximate surface area is 132 Å². The first-order valence-electron chi connectivity index (χ1n) is 6.20. The molecule has 1 atom stereocenters. The van der Waals surface area contributed by atoms with Crippen LogP contribution in [0.5, 0.6) is 11.5 Å². The Morgan fingerprint density at radius 1 is 1.00 bits per heavy atom. The van der Waals surface area contributed by atoms with E-state index in [1.54, 1.807) is 33.3 Å². The maximum absolute atomic E-state index is 10.9. The molecule has 0 aromatic heterocycles. The fourth-order valence-electron chi connectivity index (χ4n) is 2.12. The second-order valence-corrected chi connectivity index (χ2v) is 5.89. The Morgan fingerprint density at radius 3 is 2.20 bits per heavy atom. The molecule has 2 aromatic carbocycles. The zero-order valence-electron chi connectivity index (χ0n) is 11.7. The smallest absolute Gasteiger partial charge is 0.125 e. The minimum absolute atomic E-state index is 0.634. The molecule has 1 N–H and O–H groups in total. The second-order valence-electron chi connectivity index (χ2n) is 4.65. The number of hydrogen-bond acceptors (Lipinski definition) is 3. The normalized spacial score (nSPS) is 13.7. The molecule has 106 valence electrons. The quantitative estimate of drug-likeness (QED) is 0.820. The van der Waals surface area contributed by atoms with Crippen molar-refractivity contribution in [1.82, 2.24) is 0 Å². The van der Waals surface area contributed by atoms with Gasteiger partial charge in [-0.25, -0.2) is 0 Å². The molecule has 2 rings (SSSR count). The third kappa shape index (κ3) is 2.91. The molecule has 0 heterocycles. The summed E-state index contributed by atoms with van der Waals surface area (Å²) in [5.74, 6) is 1.32. The van der Waals surface area contributed by atoms with Crippen LogP contribution in [0.15, 0.2) is 42.5 Å². The van der Waals surface area contributed by atoms with Gasteiger partial charge in [-0.15, -0.1) is 0 Å². The van der Waals surface area contributed by atoms with E-state index < -0.39 is 5.60 Å². The van der Waals surface area contributed by atoms with E-state index in [0.717, 1.165) is 9.13 Å². The van der Waals surface area contributed by atoms with Crippen molar-refractivity contribution in [2.24, 2.45) is 0 Å². The van der Waals surface area contributed by atoms with E-state index in [2.05, 4.69) is 22.6 Å². The van der Waals surface area contributed by atoms with Gasteiger partial charge in [0, 0.05) is 9.13 Å². The molecular formula is C16H17IO3. The molecule has 0 fully saturated rings. The highest BCUT2D eigenvalue weighted by Gasteiger charge is 2.29. The van der Waals surface area contributed by atoms with Gasteiger partial charge in [-0.2, -0.15) is 0 Å². The molecule has 0 saturated heterocycles. The van der Waals surface area contributed by atoms with Crippen molar-refractivity contribution in [1.29, 1.82) is 0 Å². The van der Waals surface area contributed by atoms with Gasteiger partial charge in [0.15, 0.2) is 0 Å². The first-order valence-corrected chi connectivity index (χ1v) is 7.28. The van der Waals surface area contributed by atoms with Crippen molar-refractivity contribution < 1.29 is 14.6 Å². The van der Waals surface area contributed by atoms with E-state index in [0.29, 0.717) is 17.1 Å². The second kappa shape index (κ2) is 6.01. The highest BCUT2D eigenvalue weighted by Crippen LogP contribution is 2.37. The van der Waals surface area contributed by atoms with E-state index in [1.165, 1.54) is 0 Å². The predicted octanol–water partition coefficient (Wildman–Crippen LogP) is 3.56. The van der Waals surface area contributed by atoms with Crippen LogP contribution >= 0.6 is 22.6 Å². The summed E-state index contributed by atoms with van der Waals surface area (Å²) < 4.78 is 11.7. The van der Waals surface area contributed by atoms with Crippen LogP contribution in [0.4, 0.5) is 0 Å². The van der Waals surface area contributed by atoms with E-state index in [4.69, 9.17) is 9.47 Å². The summed E-state index contributed by atoms with van der Waals surface area (Å²) in [5, 5.41) is 10.9. The van der Waals surface area contributed by atoms with Crippen LogP contribution in [-0.2, 0) is 5.60 Å². The molecule has 2 aromatic rings. The summed E-state index contributed by atoms with van der Waals surface area (Å²) >= 11 is 2.24. The van der Waals surface area contributed by atoms with Crippen molar-refractivity contribution in [3.05, 3.63) is 57.2 Å². The van der Waals surface area contributed by atoms with Crippen molar-refractivity contribution >= 4 is 22.6 Å². The number of methoxy groups -OCH3 is 2. The molecule has 20 heavy (non-hydrogen) atoms. The molecule has 0 aliphatic rings. The van der Waals surface area contributed by atoms with Crippen LogP contribution in [0.1, 0.15) is 18.1 Å². The third-order valence-corrected chi connectivity index (χ3v) is 4.06. The Balaban J connectivity index is 2.54. The molecule has 0 radical (unpaired) electrons. The van der Waals surface area contributed by atoms with E-state index >= 15 is 0 Å². The summed E-state index contributed by atoms with van der Waals surface area (Å²) in [6, 6.07) is 13.2. The van der Waals surface area contributed by atoms with Gasteiger partial charge in [-0.3, -0.25) is 0 Å². The molecule has 0 amide bonds. The summed E-state index contributed by atoms with van der Waals surface area (Å²) in [5.41, 5.74) is 0.342. The minimum Gasteiger partial charge on any atom is -0.497 e. The number of hydrogen-bond donors (Lipinski definition) is 1. The Bertz CT molecular complexity index is 591. The number of rotatable bonds is 4. The average molecular weight is 384 g/mol. The minimum atomic E-state index is -1.15. The van der Waals surface area contributed by atoms with Crippen molar-refractivity contribution in [3.8, 4) is 11.5 Å². The predicted molar refractivity (Wildman–Crippen MR) is 87.4 cm³/mol. The number of benzene rings is 2. The molecule has 0 bridgehead atoms. The monoisotopic (exact) mass is 384 g/mol. The van der Waals surface area contributed by atoms with Crippen LogP contribution in [0.3, 0.4) is 0 Å². The molecule has 0 spiro atoms. The topological polar surface area (TPSA) is 38.7 Å². The Hall–Kier alpha value is -1.27. The van der Waals surface area contributed by atoms with Crippen LogP contribution in [-0.4, -0.2) is 19.3 Å². The van der Waals surface area contributed by atoms with Crippen LogP contribution in [0, 0.1) is 3.57 Å². The SMILES string of the molecule is COc1ccc(OC)c(C(C)(O)c2ccc(I)cc2)c1. The molecule has 1 unspecified atom stereocenters. The number of ether oxygens (including phenoxy) is 2. The lowest BCUT2D eigenvalue weighted by molar-refractivity contribution is 0.0986. The maximum Gasteiger partial charge on any atom is 0.125 e. The van der Waals surface area contributed by atoms with E-state index in [-0.39, 0.29) is 0 Å². The molecule has 0 aliphatic heterocycles. The van der Waals surface area contributed by atoms with Crippen molar-refractivity contribution in [2.45, 2.75) is 12.5 Å². The van der Waals surface area contributed by atoms with E-state index in [9.17, 15) is 5.11 Å². The zero-order chi connectivity index (χ0) is 14.8. The largest absolute Gasteiger partial charge is 0.497 e. The summed E-state index contributed by atoms with van der Waals surface area (Å²) in [4.78, 5) is 0. The number of aliphatic hydroxyl groups is 1. The van der Waals surface area contributed by atoms with Crippen LogP contribution in [0.2, 0.25) is 0 Å². The van der Waals surface area contributed by atoms with Gasteiger partial charge in [0.2, 0.25) is 0 Å². The van der Waals surface area contributed by atoms with Crippen LogP contribution in [0.25, 0.3) is 0 Å². The molecule has 4 heteroatoms. The lowest BCUT2D eigenvalue weighted by atomic mass is 9.87. The molecular weight excluding hydrogens is 367 g/mol. The first kappa shape index (κ1) is 15.1. The number of halogens is 1. The van der Waals surface area contributed by atoms with Crippen molar-refractivity contribution in [2.75, 3.05) is 14.2 Å². The van der Waals surface area contributed by atoms with Gasteiger partial charge in [-0.1, -0.05) is 12.1 Å². The molecule has 0 saturated carbocycles. The van der Waals surface area contributed by atoms with Crippen LogP contribution < -0.4 is 9.47 Å². The Morgan fingerprint density at radius 2 is 1.65 bits per heavy atom. The highest BCUT2D eigenvalue weighted by atomic mass is 127. The summed E-state index contributed by atoms with van der Waals surface area (Å²) in [7, 11) is 3.19. The zero-order valence-corrected chi connectivity index (χ0v) is 13.8. The van der Waals surface area contributed by atoms with Crippen molar-refractivity contribution in [3.63, 3.8) is 0 Å². The van der Waals surface area contributed by atoms with Gasteiger partial charge in [0.1, 0.15) is 17.1 Å². The molecule has 0 aliphatic carbocycles. The standard InChI is InChI=1S/C16H17IO3/c1-16(18,11-4-6-12(17)7-5-11)14-10-13(19-2)8-9-15(14)20-3/h4-10,18H,1-3H3. The fraction of sp³-hybridized carbons (Fsp3) is 0.250. The summed E-state index contributed by atoms with van der Waals surface area (Å²) in [6.45, 7) is 1.76. The maximum atomic E-state index is 10.9. The lowest BCUT2D eigenvalue weighted by Gasteiger charge is -2.27. The molecule has 3 nitrogen and oxygen atoms in total. The Kier molecular flexibility index (Phi) is 4.55. The average Bonchev–Trinajstić information content (AvgIpc) is 2.47. The van der Waals surface area contributed by atoms with Gasteiger partial charge >= 0.3 is 0 Å².